The third-order valence-corrected chi connectivity index (χ3v) is 3.16. The zero-order chi connectivity index (χ0) is 12.3. The van der Waals surface area contributed by atoms with Gasteiger partial charge in [-0.3, -0.25) is 4.79 Å². The minimum absolute atomic E-state index is 0.00386. The Morgan fingerprint density at radius 1 is 1.59 bits per heavy atom. The number of hydrogen-bond donors (Lipinski definition) is 2. The predicted molar refractivity (Wildman–Crippen MR) is 68.6 cm³/mol. The fourth-order valence-corrected chi connectivity index (χ4v) is 2.04. The van der Waals surface area contributed by atoms with E-state index in [1.807, 2.05) is 25.1 Å². The first kappa shape index (κ1) is 11.7. The number of benzene rings is 1. The third kappa shape index (κ3) is 2.48. The fraction of sp³-hybridized carbons (Fsp3) is 0.357. The Morgan fingerprint density at radius 2 is 2.41 bits per heavy atom. The molecule has 0 saturated carbocycles. The molecule has 1 amide bonds. The zero-order valence-corrected chi connectivity index (χ0v) is 9.92. The van der Waals surface area contributed by atoms with Gasteiger partial charge in [0.05, 0.1) is 5.54 Å². The summed E-state index contributed by atoms with van der Waals surface area (Å²) in [5.74, 6) is 2.56. The fourth-order valence-electron chi connectivity index (χ4n) is 2.04. The quantitative estimate of drug-likeness (QED) is 0.757. The summed E-state index contributed by atoms with van der Waals surface area (Å²) < 4.78 is 0. The summed E-state index contributed by atoms with van der Waals surface area (Å²) in [7, 11) is 0. The van der Waals surface area contributed by atoms with Gasteiger partial charge in [-0.05, 0) is 44.5 Å². The molecule has 17 heavy (non-hydrogen) atoms. The van der Waals surface area contributed by atoms with Crippen LogP contribution in [0.4, 0.5) is 5.69 Å². The van der Waals surface area contributed by atoms with E-state index in [1.54, 1.807) is 6.07 Å². The van der Waals surface area contributed by atoms with Crippen molar-refractivity contribution in [1.82, 2.24) is 5.32 Å². The average Bonchev–Trinajstić information content (AvgIpc) is 2.78. The van der Waals surface area contributed by atoms with Gasteiger partial charge < -0.3 is 10.6 Å². The molecule has 1 unspecified atom stereocenters. The van der Waals surface area contributed by atoms with E-state index in [2.05, 4.69) is 16.6 Å². The lowest BCUT2D eigenvalue weighted by Gasteiger charge is -2.23. The molecule has 0 radical (unpaired) electrons. The number of hydrogen-bond acceptors (Lipinski definition) is 2. The van der Waals surface area contributed by atoms with Crippen molar-refractivity contribution in [3.05, 3.63) is 29.8 Å². The molecule has 2 N–H and O–H groups in total. The van der Waals surface area contributed by atoms with Gasteiger partial charge in [-0.15, -0.1) is 6.42 Å². The largest absolute Gasteiger partial charge is 0.324 e. The van der Waals surface area contributed by atoms with Gasteiger partial charge in [0, 0.05) is 11.3 Å². The van der Waals surface area contributed by atoms with E-state index in [1.165, 1.54) is 0 Å². The van der Waals surface area contributed by atoms with E-state index in [-0.39, 0.29) is 5.91 Å². The Hall–Kier alpha value is -1.79. The number of anilines is 1. The smallest absolute Gasteiger partial charge is 0.244 e. The van der Waals surface area contributed by atoms with Crippen molar-refractivity contribution in [2.75, 3.05) is 11.9 Å². The molecular weight excluding hydrogens is 212 g/mol. The molecule has 88 valence electrons. The Balaban J connectivity index is 2.10. The van der Waals surface area contributed by atoms with Crippen molar-refractivity contribution in [3.63, 3.8) is 0 Å². The van der Waals surface area contributed by atoms with Crippen LogP contribution in [-0.4, -0.2) is 18.0 Å². The molecule has 3 heteroatoms. The molecule has 1 atom stereocenters. The van der Waals surface area contributed by atoms with E-state index in [9.17, 15) is 4.79 Å². The van der Waals surface area contributed by atoms with E-state index in [4.69, 9.17) is 6.42 Å². The topological polar surface area (TPSA) is 41.1 Å². The summed E-state index contributed by atoms with van der Waals surface area (Å²) in [6, 6.07) is 7.33. The molecule has 0 spiro atoms. The maximum atomic E-state index is 12.1. The van der Waals surface area contributed by atoms with Crippen molar-refractivity contribution < 1.29 is 4.79 Å². The molecule has 1 aromatic rings. The highest BCUT2D eigenvalue weighted by Gasteiger charge is 2.35. The number of nitrogens with one attached hydrogen (secondary N) is 2. The van der Waals surface area contributed by atoms with Crippen LogP contribution in [0.15, 0.2) is 24.3 Å². The molecule has 0 aliphatic carbocycles. The Labute approximate surface area is 102 Å². The van der Waals surface area contributed by atoms with E-state index >= 15 is 0 Å². The van der Waals surface area contributed by atoms with Crippen LogP contribution < -0.4 is 10.6 Å². The second kappa shape index (κ2) is 4.60. The summed E-state index contributed by atoms with van der Waals surface area (Å²) in [5, 5.41) is 6.13. The maximum Gasteiger partial charge on any atom is 0.244 e. The molecule has 0 bridgehead atoms. The molecule has 1 aromatic carbocycles. The van der Waals surface area contributed by atoms with Crippen LogP contribution in [0.3, 0.4) is 0 Å². The van der Waals surface area contributed by atoms with Crippen molar-refractivity contribution >= 4 is 11.6 Å². The highest BCUT2D eigenvalue weighted by molar-refractivity contribution is 5.98. The summed E-state index contributed by atoms with van der Waals surface area (Å²) in [5.41, 5.74) is 1.07. The van der Waals surface area contributed by atoms with Crippen LogP contribution in [0.1, 0.15) is 25.3 Å². The SMILES string of the molecule is C#Cc1cccc(NC(=O)C2(C)CCCN2)c1. The lowest BCUT2D eigenvalue weighted by atomic mass is 9.99. The average molecular weight is 228 g/mol. The van der Waals surface area contributed by atoms with Gasteiger partial charge >= 0.3 is 0 Å². The van der Waals surface area contributed by atoms with Crippen LogP contribution >= 0.6 is 0 Å². The van der Waals surface area contributed by atoms with Crippen molar-refractivity contribution in [2.45, 2.75) is 25.3 Å². The number of terminal acetylenes is 1. The van der Waals surface area contributed by atoms with Gasteiger partial charge in [0.15, 0.2) is 0 Å². The first-order valence-corrected chi connectivity index (χ1v) is 5.77. The monoisotopic (exact) mass is 228 g/mol. The molecule has 1 aliphatic heterocycles. The second-order valence-electron chi connectivity index (χ2n) is 4.54. The van der Waals surface area contributed by atoms with Crippen molar-refractivity contribution in [3.8, 4) is 12.3 Å². The first-order chi connectivity index (χ1) is 8.14. The normalized spacial score (nSPS) is 23.1. The summed E-state index contributed by atoms with van der Waals surface area (Å²) in [6.45, 7) is 2.83. The second-order valence-corrected chi connectivity index (χ2v) is 4.54. The first-order valence-electron chi connectivity index (χ1n) is 5.77. The number of carbonyl (C=O) groups excluding carboxylic acids is 1. The van der Waals surface area contributed by atoms with E-state index in [0.717, 1.165) is 30.6 Å². The Kier molecular flexibility index (Phi) is 3.16. The summed E-state index contributed by atoms with van der Waals surface area (Å²) in [4.78, 5) is 12.1. The van der Waals surface area contributed by atoms with E-state index < -0.39 is 5.54 Å². The molecule has 1 aliphatic rings. The van der Waals surface area contributed by atoms with E-state index in [0.29, 0.717) is 0 Å². The minimum atomic E-state index is -0.452. The summed E-state index contributed by atoms with van der Waals surface area (Å²) in [6.07, 6.45) is 7.23. The van der Waals surface area contributed by atoms with Crippen molar-refractivity contribution in [2.24, 2.45) is 0 Å². The van der Waals surface area contributed by atoms with Crippen LogP contribution in [0.5, 0.6) is 0 Å². The standard InChI is InChI=1S/C14H16N2O/c1-3-11-6-4-7-12(10-11)16-13(17)14(2)8-5-9-15-14/h1,4,6-7,10,15H,5,8-9H2,2H3,(H,16,17). The van der Waals surface area contributed by atoms with Gasteiger partial charge in [0.25, 0.3) is 0 Å². The van der Waals surface area contributed by atoms with Gasteiger partial charge in [0.2, 0.25) is 5.91 Å². The van der Waals surface area contributed by atoms with Gasteiger partial charge in [0.1, 0.15) is 0 Å². The predicted octanol–water partition coefficient (Wildman–Crippen LogP) is 1.75. The van der Waals surface area contributed by atoms with Crippen LogP contribution in [0.2, 0.25) is 0 Å². The lowest BCUT2D eigenvalue weighted by molar-refractivity contribution is -0.121. The number of rotatable bonds is 2. The maximum absolute atomic E-state index is 12.1. The highest BCUT2D eigenvalue weighted by atomic mass is 16.2. The summed E-state index contributed by atoms with van der Waals surface area (Å²) >= 11 is 0. The molecule has 3 nitrogen and oxygen atoms in total. The van der Waals surface area contributed by atoms with Crippen LogP contribution in [-0.2, 0) is 4.79 Å². The molecular formula is C14H16N2O. The van der Waals surface area contributed by atoms with Gasteiger partial charge in [-0.25, -0.2) is 0 Å². The highest BCUT2D eigenvalue weighted by Crippen LogP contribution is 2.21. The molecule has 1 saturated heterocycles. The Morgan fingerprint density at radius 3 is 3.06 bits per heavy atom. The molecule has 0 aromatic heterocycles. The molecule has 1 fully saturated rings. The molecule has 1 heterocycles. The number of carbonyl (C=O) groups is 1. The zero-order valence-electron chi connectivity index (χ0n) is 9.92. The van der Waals surface area contributed by atoms with Gasteiger partial charge in [-0.1, -0.05) is 12.0 Å². The Bertz CT molecular complexity index is 467. The minimum Gasteiger partial charge on any atom is -0.324 e. The van der Waals surface area contributed by atoms with Crippen LogP contribution in [0, 0.1) is 12.3 Å². The van der Waals surface area contributed by atoms with Crippen molar-refractivity contribution in [1.29, 1.82) is 0 Å². The lowest BCUT2D eigenvalue weighted by Crippen LogP contribution is -2.47. The van der Waals surface area contributed by atoms with Gasteiger partial charge in [-0.2, -0.15) is 0 Å². The number of amides is 1. The third-order valence-electron chi connectivity index (χ3n) is 3.16. The van der Waals surface area contributed by atoms with Crippen LogP contribution in [0.25, 0.3) is 0 Å². The molecule has 2 rings (SSSR count).